The number of carbonyl (C=O) groups is 3. The molecule has 0 aliphatic carbocycles. The van der Waals surface area contributed by atoms with Crippen LogP contribution < -0.4 is 10.4 Å². The van der Waals surface area contributed by atoms with E-state index in [1.54, 1.807) is 0 Å². The van der Waals surface area contributed by atoms with Crippen LogP contribution >= 0.6 is 0 Å². The number of carboxylic acids is 1. The van der Waals surface area contributed by atoms with Gasteiger partial charge in [-0.1, -0.05) is 0 Å². The normalized spacial score (nSPS) is 10.0. The molecule has 2 aromatic rings. The first-order chi connectivity index (χ1) is 11.3. The van der Waals surface area contributed by atoms with Gasteiger partial charge in [0.25, 0.3) is 11.6 Å². The van der Waals surface area contributed by atoms with Gasteiger partial charge in [-0.3, -0.25) is 19.7 Å². The Kier molecular flexibility index (Phi) is 4.69. The zero-order chi connectivity index (χ0) is 17.9. The number of hydrogen-bond donors (Lipinski definition) is 1. The van der Waals surface area contributed by atoms with Crippen LogP contribution in [-0.4, -0.2) is 22.6 Å². The minimum atomic E-state index is -1.70. The molecule has 0 atom stereocenters. The number of carbonyl (C=O) groups excluding carboxylic acids is 3. The van der Waals surface area contributed by atoms with E-state index in [4.69, 9.17) is 0 Å². The molecule has 24 heavy (non-hydrogen) atoms. The van der Waals surface area contributed by atoms with E-state index in [0.717, 1.165) is 18.2 Å². The number of nitro groups is 1. The average molecular weight is 327 g/mol. The fourth-order valence-electron chi connectivity index (χ4n) is 2.00. The molecule has 0 bridgehead atoms. The van der Waals surface area contributed by atoms with Gasteiger partial charge in [0.05, 0.1) is 10.9 Å². The number of nitro benzene ring substituents is 1. The first-order valence-electron chi connectivity index (χ1n) is 6.71. The minimum absolute atomic E-state index is 0.137. The number of anilines is 1. The van der Waals surface area contributed by atoms with Gasteiger partial charge in [-0.05, 0) is 37.3 Å². The van der Waals surface area contributed by atoms with E-state index in [9.17, 15) is 29.6 Å². The van der Waals surface area contributed by atoms with Crippen molar-refractivity contribution in [3.63, 3.8) is 0 Å². The third-order valence-corrected chi connectivity index (χ3v) is 3.23. The summed E-state index contributed by atoms with van der Waals surface area (Å²) >= 11 is 0. The molecule has 0 fully saturated rings. The molecule has 2 rings (SSSR count). The second-order valence-electron chi connectivity index (χ2n) is 4.86. The number of nitrogens with zero attached hydrogens (tertiary/aromatic N) is 1. The molecule has 0 radical (unpaired) electrons. The summed E-state index contributed by atoms with van der Waals surface area (Å²) < 4.78 is 0. The number of benzene rings is 2. The number of aromatic carboxylic acids is 1. The van der Waals surface area contributed by atoms with Crippen molar-refractivity contribution in [1.29, 1.82) is 0 Å². The molecule has 0 aromatic heterocycles. The smallest absolute Gasteiger partial charge is 0.270 e. The number of ketones is 1. The van der Waals surface area contributed by atoms with Crippen LogP contribution in [0.15, 0.2) is 42.5 Å². The Bertz CT molecular complexity index is 842. The number of rotatable bonds is 5. The minimum Gasteiger partial charge on any atom is -0.545 e. The summed E-state index contributed by atoms with van der Waals surface area (Å²) in [5.74, 6) is -2.60. The zero-order valence-electron chi connectivity index (χ0n) is 12.4. The predicted octanol–water partition coefficient (Wildman–Crippen LogP) is 1.41. The SMILES string of the molecule is CC(=O)c1ccc(NC(=O)c2ccc([N+](=O)[O-])cc2C(=O)[O-])cc1. The second-order valence-corrected chi connectivity index (χ2v) is 4.86. The number of Topliss-reactive ketones (excluding diaryl/α,β-unsaturated/α-hetero) is 1. The van der Waals surface area contributed by atoms with Crippen molar-refractivity contribution in [3.8, 4) is 0 Å². The van der Waals surface area contributed by atoms with Gasteiger partial charge in [-0.25, -0.2) is 0 Å². The fourth-order valence-corrected chi connectivity index (χ4v) is 2.00. The molecule has 1 amide bonds. The lowest BCUT2D eigenvalue weighted by atomic mass is 10.1. The van der Waals surface area contributed by atoms with Crippen molar-refractivity contribution < 1.29 is 24.4 Å². The Balaban J connectivity index is 2.30. The highest BCUT2D eigenvalue weighted by atomic mass is 16.6. The molecular formula is C16H11N2O6-. The van der Waals surface area contributed by atoms with E-state index in [1.807, 2.05) is 0 Å². The molecule has 0 saturated heterocycles. The summed E-state index contributed by atoms with van der Waals surface area (Å²) in [5, 5.41) is 24.3. The maximum atomic E-state index is 12.2. The summed E-state index contributed by atoms with van der Waals surface area (Å²) in [5.41, 5.74) is -0.513. The fraction of sp³-hybridized carbons (Fsp3) is 0.0625. The topological polar surface area (TPSA) is 129 Å². The van der Waals surface area contributed by atoms with Gasteiger partial charge in [-0.15, -0.1) is 0 Å². The molecule has 122 valence electrons. The van der Waals surface area contributed by atoms with Crippen LogP contribution in [0, 0.1) is 10.1 Å². The van der Waals surface area contributed by atoms with Gasteiger partial charge in [0.1, 0.15) is 0 Å². The highest BCUT2D eigenvalue weighted by molar-refractivity contribution is 6.10. The maximum absolute atomic E-state index is 12.2. The zero-order valence-corrected chi connectivity index (χ0v) is 12.4. The van der Waals surface area contributed by atoms with Crippen LogP contribution in [0.25, 0.3) is 0 Å². The molecule has 0 unspecified atom stereocenters. The van der Waals surface area contributed by atoms with Crippen LogP contribution in [-0.2, 0) is 0 Å². The van der Waals surface area contributed by atoms with Crippen LogP contribution in [0.1, 0.15) is 38.0 Å². The monoisotopic (exact) mass is 327 g/mol. The third kappa shape index (κ3) is 3.61. The van der Waals surface area contributed by atoms with Crippen LogP contribution in [0.3, 0.4) is 0 Å². The quantitative estimate of drug-likeness (QED) is 0.502. The summed E-state index contributed by atoms with van der Waals surface area (Å²) in [7, 11) is 0. The molecule has 0 aliphatic heterocycles. The first-order valence-corrected chi connectivity index (χ1v) is 6.71. The molecule has 2 aromatic carbocycles. The third-order valence-electron chi connectivity index (χ3n) is 3.23. The van der Waals surface area contributed by atoms with Crippen molar-refractivity contribution in [2.75, 3.05) is 5.32 Å². The number of amides is 1. The molecule has 8 nitrogen and oxygen atoms in total. The van der Waals surface area contributed by atoms with E-state index < -0.39 is 28.1 Å². The van der Waals surface area contributed by atoms with Crippen molar-refractivity contribution in [2.24, 2.45) is 0 Å². The van der Waals surface area contributed by atoms with E-state index in [2.05, 4.69) is 5.32 Å². The van der Waals surface area contributed by atoms with Gasteiger partial charge in [0.2, 0.25) is 0 Å². The maximum Gasteiger partial charge on any atom is 0.270 e. The van der Waals surface area contributed by atoms with Crippen LogP contribution in [0.2, 0.25) is 0 Å². The Labute approximate surface area is 135 Å². The standard InChI is InChI=1S/C16H12N2O6/c1-9(19)10-2-4-11(5-3-10)17-15(20)13-7-6-12(18(23)24)8-14(13)16(21)22/h2-8H,1H3,(H,17,20)(H,21,22)/p-1. The molecule has 0 spiro atoms. The molecule has 0 heterocycles. The molecular weight excluding hydrogens is 316 g/mol. The predicted molar refractivity (Wildman–Crippen MR) is 81.8 cm³/mol. The highest BCUT2D eigenvalue weighted by Gasteiger charge is 2.17. The van der Waals surface area contributed by atoms with Gasteiger partial charge >= 0.3 is 0 Å². The lowest BCUT2D eigenvalue weighted by molar-refractivity contribution is -0.385. The molecule has 0 aliphatic rings. The highest BCUT2D eigenvalue weighted by Crippen LogP contribution is 2.19. The molecule has 0 saturated carbocycles. The Hall–Kier alpha value is -3.55. The van der Waals surface area contributed by atoms with Gasteiger partial charge < -0.3 is 15.2 Å². The number of carboxylic acid groups (broad SMARTS) is 1. The van der Waals surface area contributed by atoms with Gasteiger partial charge in [-0.2, -0.15) is 0 Å². The first kappa shape index (κ1) is 16.8. The van der Waals surface area contributed by atoms with E-state index in [0.29, 0.717) is 11.3 Å². The van der Waals surface area contributed by atoms with Crippen LogP contribution in [0.4, 0.5) is 11.4 Å². The number of nitrogens with one attached hydrogen (secondary N) is 1. The Morgan fingerprint density at radius 1 is 1.00 bits per heavy atom. The lowest BCUT2D eigenvalue weighted by Gasteiger charge is -2.11. The number of hydrogen-bond acceptors (Lipinski definition) is 6. The van der Waals surface area contributed by atoms with Crippen molar-refractivity contribution >= 4 is 29.0 Å². The van der Waals surface area contributed by atoms with Crippen LogP contribution in [0.5, 0.6) is 0 Å². The number of non-ortho nitro benzene ring substituents is 1. The van der Waals surface area contributed by atoms with Gasteiger partial charge in [0, 0.05) is 34.5 Å². The average Bonchev–Trinajstić information content (AvgIpc) is 2.54. The van der Waals surface area contributed by atoms with E-state index >= 15 is 0 Å². The Morgan fingerprint density at radius 2 is 1.62 bits per heavy atom. The molecule has 8 heteroatoms. The molecule has 1 N–H and O–H groups in total. The van der Waals surface area contributed by atoms with E-state index in [1.165, 1.54) is 31.2 Å². The van der Waals surface area contributed by atoms with Crippen molar-refractivity contribution in [1.82, 2.24) is 0 Å². The Morgan fingerprint density at radius 3 is 2.12 bits per heavy atom. The largest absolute Gasteiger partial charge is 0.545 e. The van der Waals surface area contributed by atoms with Crippen molar-refractivity contribution in [3.05, 3.63) is 69.3 Å². The van der Waals surface area contributed by atoms with E-state index in [-0.39, 0.29) is 11.3 Å². The summed E-state index contributed by atoms with van der Waals surface area (Å²) in [6.07, 6.45) is 0. The lowest BCUT2D eigenvalue weighted by Crippen LogP contribution is -2.26. The second kappa shape index (κ2) is 6.69. The summed E-state index contributed by atoms with van der Waals surface area (Å²) in [6.45, 7) is 1.40. The summed E-state index contributed by atoms with van der Waals surface area (Å²) in [6, 6.07) is 8.82. The van der Waals surface area contributed by atoms with Crippen molar-refractivity contribution in [2.45, 2.75) is 6.92 Å². The summed E-state index contributed by atoms with van der Waals surface area (Å²) in [4.78, 5) is 44.4. The van der Waals surface area contributed by atoms with Gasteiger partial charge in [0.15, 0.2) is 5.78 Å².